The molecule has 1 N–H and O–H groups in total. The number of carbonyl (C=O) groups is 1. The molecule has 0 spiro atoms. The van der Waals surface area contributed by atoms with Crippen LogP contribution >= 0.6 is 23.2 Å². The standard InChI is InChI=1S/C18H12Cl2F3N3O3/c19-12-2-11(3-13(20)4-12)17(18(21,22)23)5-15(25-29-17)26-7-9-1-14(16(27)28)24-6-10(9)8-26/h1-4,6H,5,7-8H2,(H,27,28). The lowest BCUT2D eigenvalue weighted by Gasteiger charge is -2.30. The molecule has 0 aliphatic carbocycles. The summed E-state index contributed by atoms with van der Waals surface area (Å²) < 4.78 is 42.2. The summed E-state index contributed by atoms with van der Waals surface area (Å²) >= 11 is 11.8. The van der Waals surface area contributed by atoms with Gasteiger partial charge in [-0.1, -0.05) is 28.4 Å². The maximum atomic E-state index is 14.1. The molecule has 29 heavy (non-hydrogen) atoms. The average molecular weight is 446 g/mol. The SMILES string of the molecule is O=C(O)c1cc2c(cn1)CN(C1=NOC(c3cc(Cl)cc(Cl)c3)(C(F)(F)F)C1)C2. The predicted octanol–water partition coefficient (Wildman–Crippen LogP) is 4.59. The number of alkyl halides is 3. The van der Waals surface area contributed by atoms with Crippen molar-refractivity contribution in [1.82, 2.24) is 9.88 Å². The van der Waals surface area contributed by atoms with Crippen molar-refractivity contribution in [2.45, 2.75) is 31.3 Å². The number of hydrogen-bond donors (Lipinski definition) is 1. The number of oxime groups is 1. The molecule has 1 unspecified atom stereocenters. The lowest BCUT2D eigenvalue weighted by Crippen LogP contribution is -2.43. The number of benzene rings is 1. The molecule has 11 heteroatoms. The molecule has 2 aliphatic rings. The molecule has 0 fully saturated rings. The molecule has 1 aromatic carbocycles. The minimum atomic E-state index is -4.78. The third-order valence-corrected chi connectivity index (χ3v) is 5.33. The van der Waals surface area contributed by atoms with Crippen LogP contribution in [0.1, 0.15) is 33.6 Å². The first-order chi connectivity index (χ1) is 13.6. The van der Waals surface area contributed by atoms with Crippen molar-refractivity contribution in [2.75, 3.05) is 0 Å². The molecule has 6 nitrogen and oxygen atoms in total. The van der Waals surface area contributed by atoms with E-state index in [-0.39, 0.29) is 40.2 Å². The quantitative estimate of drug-likeness (QED) is 0.731. The van der Waals surface area contributed by atoms with Gasteiger partial charge >= 0.3 is 12.1 Å². The van der Waals surface area contributed by atoms with E-state index in [2.05, 4.69) is 10.1 Å². The largest absolute Gasteiger partial charge is 0.477 e. The normalized spacial score (nSPS) is 21.0. The van der Waals surface area contributed by atoms with Gasteiger partial charge in [-0.05, 0) is 35.4 Å². The Labute approximate surface area is 172 Å². The Kier molecular flexibility index (Phi) is 4.62. The van der Waals surface area contributed by atoms with Gasteiger partial charge in [0.15, 0.2) is 0 Å². The predicted molar refractivity (Wildman–Crippen MR) is 97.8 cm³/mol. The number of fused-ring (bicyclic) bond motifs is 1. The van der Waals surface area contributed by atoms with Crippen molar-refractivity contribution in [3.8, 4) is 0 Å². The van der Waals surface area contributed by atoms with Crippen LogP contribution in [0.15, 0.2) is 35.6 Å². The monoisotopic (exact) mass is 445 g/mol. The highest BCUT2D eigenvalue weighted by Crippen LogP contribution is 2.49. The number of pyridine rings is 1. The smallest absolute Gasteiger partial charge is 0.435 e. The molecule has 3 heterocycles. The van der Waals surface area contributed by atoms with Crippen LogP contribution in [-0.2, 0) is 23.5 Å². The fourth-order valence-corrected chi connectivity index (χ4v) is 3.95. The fourth-order valence-electron chi connectivity index (χ4n) is 3.43. The van der Waals surface area contributed by atoms with Gasteiger partial charge in [0.2, 0.25) is 0 Å². The summed E-state index contributed by atoms with van der Waals surface area (Å²) in [5.41, 5.74) is -1.71. The van der Waals surface area contributed by atoms with Gasteiger partial charge < -0.3 is 14.8 Å². The molecule has 0 amide bonds. The minimum absolute atomic E-state index is 0.0500. The van der Waals surface area contributed by atoms with E-state index >= 15 is 0 Å². The molecular weight excluding hydrogens is 434 g/mol. The van der Waals surface area contributed by atoms with E-state index in [1.54, 1.807) is 4.90 Å². The number of halogens is 5. The first kappa shape index (κ1) is 19.8. The fraction of sp³-hybridized carbons (Fsp3) is 0.278. The molecule has 0 bridgehead atoms. The second-order valence-electron chi connectivity index (χ2n) is 6.76. The Hall–Kier alpha value is -2.52. The summed E-state index contributed by atoms with van der Waals surface area (Å²) in [6.07, 6.45) is -3.94. The van der Waals surface area contributed by atoms with Gasteiger partial charge in [-0.2, -0.15) is 13.2 Å². The minimum Gasteiger partial charge on any atom is -0.477 e. The number of aromatic nitrogens is 1. The number of carboxylic acids is 1. The van der Waals surface area contributed by atoms with Crippen LogP contribution in [0, 0.1) is 0 Å². The zero-order chi connectivity index (χ0) is 21.0. The first-order valence-corrected chi connectivity index (χ1v) is 9.09. The van der Waals surface area contributed by atoms with Crippen molar-refractivity contribution in [3.05, 3.63) is 62.9 Å². The van der Waals surface area contributed by atoms with Gasteiger partial charge in [-0.3, -0.25) is 0 Å². The summed E-state index contributed by atoms with van der Waals surface area (Å²) in [7, 11) is 0. The van der Waals surface area contributed by atoms with Crippen LogP contribution in [0.3, 0.4) is 0 Å². The number of carboxylic acid groups (broad SMARTS) is 1. The van der Waals surface area contributed by atoms with Crippen molar-refractivity contribution in [3.63, 3.8) is 0 Å². The second kappa shape index (κ2) is 6.77. The van der Waals surface area contributed by atoms with E-state index in [0.29, 0.717) is 11.1 Å². The van der Waals surface area contributed by atoms with E-state index < -0.39 is 24.2 Å². The van der Waals surface area contributed by atoms with Gasteiger partial charge in [0.25, 0.3) is 5.60 Å². The van der Waals surface area contributed by atoms with Crippen molar-refractivity contribution in [2.24, 2.45) is 5.16 Å². The summed E-state index contributed by atoms with van der Waals surface area (Å²) in [6.45, 7) is 0.444. The number of amidine groups is 1. The van der Waals surface area contributed by atoms with Crippen molar-refractivity contribution < 1.29 is 27.9 Å². The highest BCUT2D eigenvalue weighted by molar-refractivity contribution is 6.34. The van der Waals surface area contributed by atoms with Gasteiger partial charge in [-0.25, -0.2) is 9.78 Å². The van der Waals surface area contributed by atoms with E-state index in [4.69, 9.17) is 33.1 Å². The molecule has 0 saturated carbocycles. The zero-order valence-electron chi connectivity index (χ0n) is 14.5. The summed E-state index contributed by atoms with van der Waals surface area (Å²) in [6, 6.07) is 5.04. The molecule has 4 rings (SSSR count). The maximum Gasteiger partial charge on any atom is 0.435 e. The lowest BCUT2D eigenvalue weighted by molar-refractivity contribution is -0.275. The molecule has 0 radical (unpaired) electrons. The molecular formula is C18H12Cl2F3N3O3. The molecule has 152 valence electrons. The second-order valence-corrected chi connectivity index (χ2v) is 7.63. The van der Waals surface area contributed by atoms with E-state index in [1.165, 1.54) is 18.3 Å². The van der Waals surface area contributed by atoms with Crippen LogP contribution in [0.2, 0.25) is 10.0 Å². The van der Waals surface area contributed by atoms with E-state index in [9.17, 15) is 18.0 Å². The Bertz CT molecular complexity index is 1020. The first-order valence-electron chi connectivity index (χ1n) is 8.33. The summed E-state index contributed by atoms with van der Waals surface area (Å²) in [5.74, 6) is -1.09. The maximum absolute atomic E-state index is 14.1. The van der Waals surface area contributed by atoms with Crippen LogP contribution < -0.4 is 0 Å². The Morgan fingerprint density at radius 2 is 1.79 bits per heavy atom. The van der Waals surface area contributed by atoms with Crippen LogP contribution in [0.5, 0.6) is 0 Å². The molecule has 2 aliphatic heterocycles. The summed E-state index contributed by atoms with van der Waals surface area (Å²) in [5, 5.41) is 12.9. The number of rotatable bonds is 2. The number of nitrogens with zero attached hydrogens (tertiary/aromatic N) is 3. The molecule has 1 atom stereocenters. The highest BCUT2D eigenvalue weighted by Gasteiger charge is 2.63. The van der Waals surface area contributed by atoms with Crippen molar-refractivity contribution >= 4 is 35.0 Å². The Morgan fingerprint density at radius 1 is 1.14 bits per heavy atom. The third-order valence-electron chi connectivity index (χ3n) is 4.89. The van der Waals surface area contributed by atoms with Gasteiger partial charge in [0.1, 0.15) is 11.5 Å². The molecule has 1 aromatic heterocycles. The molecule has 0 saturated heterocycles. The number of hydrogen-bond acceptors (Lipinski definition) is 5. The van der Waals surface area contributed by atoms with E-state index in [1.807, 2.05) is 0 Å². The molecule has 2 aromatic rings. The van der Waals surface area contributed by atoms with E-state index in [0.717, 1.165) is 12.1 Å². The zero-order valence-corrected chi connectivity index (χ0v) is 16.0. The third kappa shape index (κ3) is 3.38. The van der Waals surface area contributed by atoms with Gasteiger partial charge in [0, 0.05) is 34.9 Å². The number of aromatic carboxylic acids is 1. The van der Waals surface area contributed by atoms with Crippen LogP contribution in [-0.4, -0.2) is 33.0 Å². The summed E-state index contributed by atoms with van der Waals surface area (Å²) in [4.78, 5) is 21.5. The highest BCUT2D eigenvalue weighted by atomic mass is 35.5. The van der Waals surface area contributed by atoms with Gasteiger partial charge in [-0.15, -0.1) is 0 Å². The Morgan fingerprint density at radius 3 is 2.41 bits per heavy atom. The average Bonchev–Trinajstić information content (AvgIpc) is 3.24. The van der Waals surface area contributed by atoms with Crippen LogP contribution in [0.4, 0.5) is 13.2 Å². The lowest BCUT2D eigenvalue weighted by atomic mass is 9.89. The van der Waals surface area contributed by atoms with Crippen molar-refractivity contribution in [1.29, 1.82) is 0 Å². The Balaban J connectivity index is 1.63. The van der Waals surface area contributed by atoms with Gasteiger partial charge in [0.05, 0.1) is 6.42 Å². The van der Waals surface area contributed by atoms with Crippen LogP contribution in [0.25, 0.3) is 0 Å². The topological polar surface area (TPSA) is 75.0 Å².